The first kappa shape index (κ1) is 18.2. The fraction of sp³-hybridized carbons (Fsp3) is 0.545. The minimum atomic E-state index is 0.227. The minimum absolute atomic E-state index is 0.227. The molecule has 3 heterocycles. The second kappa shape index (κ2) is 7.47. The van der Waals surface area contributed by atoms with E-state index in [1.165, 1.54) is 24.0 Å². The fourth-order valence-corrected chi connectivity index (χ4v) is 4.96. The normalized spacial score (nSPS) is 22.4. The maximum Gasteiger partial charge on any atom is 0.219 e. The van der Waals surface area contributed by atoms with Crippen molar-refractivity contribution in [2.75, 3.05) is 19.6 Å². The van der Waals surface area contributed by atoms with Crippen molar-refractivity contribution in [3.63, 3.8) is 0 Å². The van der Waals surface area contributed by atoms with Crippen LogP contribution < -0.4 is 0 Å². The van der Waals surface area contributed by atoms with Crippen molar-refractivity contribution in [2.24, 2.45) is 12.5 Å². The molecule has 0 bridgehead atoms. The number of carbonyl (C=O) groups is 1. The van der Waals surface area contributed by atoms with Crippen LogP contribution in [0.15, 0.2) is 42.7 Å². The van der Waals surface area contributed by atoms with Gasteiger partial charge >= 0.3 is 0 Å². The van der Waals surface area contributed by atoms with Gasteiger partial charge in [-0.25, -0.2) is 0 Å². The molecule has 2 saturated heterocycles. The molecule has 5 nitrogen and oxygen atoms in total. The van der Waals surface area contributed by atoms with E-state index in [1.807, 2.05) is 17.9 Å². The number of aromatic nitrogens is 2. The van der Waals surface area contributed by atoms with Crippen LogP contribution in [-0.2, 0) is 24.8 Å². The Morgan fingerprint density at radius 2 is 1.93 bits per heavy atom. The van der Waals surface area contributed by atoms with Gasteiger partial charge in [0.25, 0.3) is 0 Å². The van der Waals surface area contributed by atoms with Crippen LogP contribution >= 0.6 is 0 Å². The number of hydrogen-bond donors (Lipinski definition) is 0. The lowest BCUT2D eigenvalue weighted by atomic mass is 9.76. The number of nitrogens with zero attached hydrogens (tertiary/aromatic N) is 4. The number of benzene rings is 1. The van der Waals surface area contributed by atoms with E-state index in [9.17, 15) is 4.79 Å². The molecule has 144 valence electrons. The topological polar surface area (TPSA) is 41.4 Å². The molecule has 1 aromatic carbocycles. The maximum absolute atomic E-state index is 12.3. The van der Waals surface area contributed by atoms with Crippen LogP contribution in [-0.4, -0.2) is 51.2 Å². The number of carbonyl (C=O) groups excluding carboxylic acids is 1. The Morgan fingerprint density at radius 3 is 2.56 bits per heavy atom. The molecule has 0 N–H and O–H groups in total. The maximum atomic E-state index is 12.3. The van der Waals surface area contributed by atoms with Crippen LogP contribution in [0.2, 0.25) is 0 Å². The van der Waals surface area contributed by atoms with E-state index >= 15 is 0 Å². The summed E-state index contributed by atoms with van der Waals surface area (Å²) in [5.41, 5.74) is 2.92. The van der Waals surface area contributed by atoms with Gasteiger partial charge < -0.3 is 4.90 Å². The van der Waals surface area contributed by atoms with Gasteiger partial charge in [0.1, 0.15) is 0 Å². The average molecular weight is 367 g/mol. The van der Waals surface area contributed by atoms with Gasteiger partial charge in [0.05, 0.1) is 6.20 Å². The molecule has 2 aliphatic rings. The largest absolute Gasteiger partial charge is 0.339 e. The van der Waals surface area contributed by atoms with Crippen molar-refractivity contribution in [3.05, 3.63) is 53.9 Å². The summed E-state index contributed by atoms with van der Waals surface area (Å²) in [6.07, 6.45) is 8.55. The second-order valence-corrected chi connectivity index (χ2v) is 8.49. The molecule has 2 fully saturated rings. The smallest absolute Gasteiger partial charge is 0.219 e. The van der Waals surface area contributed by atoms with Crippen LogP contribution in [0.4, 0.5) is 0 Å². The highest BCUT2D eigenvalue weighted by atomic mass is 16.2. The van der Waals surface area contributed by atoms with E-state index in [-0.39, 0.29) is 5.91 Å². The summed E-state index contributed by atoms with van der Waals surface area (Å²) < 4.78 is 1.87. The van der Waals surface area contributed by atoms with E-state index in [2.05, 4.69) is 51.4 Å². The zero-order chi connectivity index (χ0) is 18.9. The fourth-order valence-electron chi connectivity index (χ4n) is 4.96. The average Bonchev–Trinajstić information content (AvgIpc) is 3.22. The van der Waals surface area contributed by atoms with Crippen molar-refractivity contribution >= 4 is 5.91 Å². The third-order valence-electron chi connectivity index (χ3n) is 6.42. The Bertz CT molecular complexity index is 777. The van der Waals surface area contributed by atoms with Gasteiger partial charge in [-0.3, -0.25) is 14.4 Å². The summed E-state index contributed by atoms with van der Waals surface area (Å²) in [6.45, 7) is 5.86. The molecular formula is C22H30N4O. The lowest BCUT2D eigenvalue weighted by molar-refractivity contribution is -0.130. The summed E-state index contributed by atoms with van der Waals surface area (Å²) in [4.78, 5) is 17.0. The Morgan fingerprint density at radius 1 is 1.19 bits per heavy atom. The van der Waals surface area contributed by atoms with Crippen LogP contribution in [0.3, 0.4) is 0 Å². The first-order valence-corrected chi connectivity index (χ1v) is 10.0. The van der Waals surface area contributed by atoms with Gasteiger partial charge in [-0.05, 0) is 49.8 Å². The van der Waals surface area contributed by atoms with Gasteiger partial charge in [-0.15, -0.1) is 0 Å². The van der Waals surface area contributed by atoms with Gasteiger partial charge in [-0.2, -0.15) is 5.10 Å². The molecule has 1 aromatic heterocycles. The third-order valence-corrected chi connectivity index (χ3v) is 6.42. The van der Waals surface area contributed by atoms with Crippen molar-refractivity contribution < 1.29 is 4.79 Å². The van der Waals surface area contributed by atoms with E-state index in [4.69, 9.17) is 0 Å². The van der Waals surface area contributed by atoms with Gasteiger partial charge in [0, 0.05) is 44.9 Å². The Hall–Kier alpha value is -2.14. The van der Waals surface area contributed by atoms with Crippen LogP contribution in [0, 0.1) is 5.41 Å². The molecule has 1 amide bonds. The summed E-state index contributed by atoms with van der Waals surface area (Å²) in [5, 5.41) is 4.28. The van der Waals surface area contributed by atoms with E-state index in [1.54, 1.807) is 6.92 Å². The standard InChI is InChI=1S/C22H30N4O/c1-18(27)26-17-22(13-21(26)12-19-6-4-3-5-7-19)8-10-25(11-9-22)16-20-14-23-24(2)15-20/h3-7,14-15,21H,8-13,16-17H2,1-2H3. The van der Waals surface area contributed by atoms with Crippen molar-refractivity contribution in [1.29, 1.82) is 0 Å². The summed E-state index contributed by atoms with van der Waals surface area (Å²) in [7, 11) is 1.97. The van der Waals surface area contributed by atoms with Crippen LogP contribution in [0.25, 0.3) is 0 Å². The second-order valence-electron chi connectivity index (χ2n) is 8.49. The highest BCUT2D eigenvalue weighted by Gasteiger charge is 2.46. The molecule has 5 heteroatoms. The van der Waals surface area contributed by atoms with Crippen LogP contribution in [0.5, 0.6) is 0 Å². The predicted octanol–water partition coefficient (Wildman–Crippen LogP) is 2.87. The van der Waals surface area contributed by atoms with E-state index in [0.717, 1.165) is 39.0 Å². The molecule has 1 spiro atoms. The quantitative estimate of drug-likeness (QED) is 0.835. The Kier molecular flexibility index (Phi) is 5.04. The Balaban J connectivity index is 1.39. The van der Waals surface area contributed by atoms with E-state index in [0.29, 0.717) is 11.5 Å². The SMILES string of the molecule is CC(=O)N1CC2(CCN(Cc3cnn(C)c3)CC2)CC1Cc1ccccc1. The third kappa shape index (κ3) is 4.08. The molecule has 2 aromatic rings. The Labute approximate surface area is 162 Å². The number of hydrogen-bond acceptors (Lipinski definition) is 3. The summed E-state index contributed by atoms with van der Waals surface area (Å²) >= 11 is 0. The van der Waals surface area contributed by atoms with Gasteiger partial charge in [-0.1, -0.05) is 30.3 Å². The molecular weight excluding hydrogens is 336 g/mol. The molecule has 1 atom stereocenters. The van der Waals surface area contributed by atoms with Gasteiger partial charge in [0.15, 0.2) is 0 Å². The first-order valence-electron chi connectivity index (χ1n) is 10.0. The molecule has 27 heavy (non-hydrogen) atoms. The zero-order valence-corrected chi connectivity index (χ0v) is 16.5. The van der Waals surface area contributed by atoms with Crippen molar-refractivity contribution in [1.82, 2.24) is 19.6 Å². The molecule has 0 radical (unpaired) electrons. The first-order chi connectivity index (χ1) is 13.0. The zero-order valence-electron chi connectivity index (χ0n) is 16.5. The highest BCUT2D eigenvalue weighted by molar-refractivity contribution is 5.74. The monoisotopic (exact) mass is 366 g/mol. The highest BCUT2D eigenvalue weighted by Crippen LogP contribution is 2.44. The van der Waals surface area contributed by atoms with Crippen molar-refractivity contribution in [3.8, 4) is 0 Å². The molecule has 4 rings (SSSR count). The predicted molar refractivity (Wildman–Crippen MR) is 106 cm³/mol. The van der Waals surface area contributed by atoms with Crippen molar-refractivity contribution in [2.45, 2.75) is 45.2 Å². The minimum Gasteiger partial charge on any atom is -0.339 e. The summed E-state index contributed by atoms with van der Waals surface area (Å²) in [6, 6.07) is 10.9. The molecule has 2 aliphatic heterocycles. The lowest BCUT2D eigenvalue weighted by Crippen LogP contribution is -2.41. The summed E-state index contributed by atoms with van der Waals surface area (Å²) in [5.74, 6) is 0.227. The lowest BCUT2D eigenvalue weighted by Gasteiger charge is -2.39. The van der Waals surface area contributed by atoms with E-state index < -0.39 is 0 Å². The molecule has 0 aliphatic carbocycles. The molecule has 1 unspecified atom stereocenters. The number of likely N-dealkylation sites (tertiary alicyclic amines) is 2. The number of aryl methyl sites for hydroxylation is 1. The number of piperidine rings is 1. The van der Waals surface area contributed by atoms with Gasteiger partial charge in [0.2, 0.25) is 5.91 Å². The molecule has 0 saturated carbocycles. The van der Waals surface area contributed by atoms with Crippen LogP contribution in [0.1, 0.15) is 37.3 Å². The number of amides is 1. The number of rotatable bonds is 4.